The van der Waals surface area contributed by atoms with E-state index in [1.807, 2.05) is 0 Å². The van der Waals surface area contributed by atoms with Gasteiger partial charge in [0.2, 0.25) is 0 Å². The number of piperidine rings is 1. The van der Waals surface area contributed by atoms with Crippen LogP contribution >= 0.6 is 0 Å². The minimum Gasteiger partial charge on any atom is -0.507 e. The molecule has 1 saturated heterocycles. The predicted molar refractivity (Wildman–Crippen MR) is 127 cm³/mol. The molecule has 2 heterocycles. The first kappa shape index (κ1) is 24.7. The van der Waals surface area contributed by atoms with Crippen LogP contribution in [0.3, 0.4) is 0 Å². The molecular formula is C24H27FN4O5S. The summed E-state index contributed by atoms with van der Waals surface area (Å²) in [5.41, 5.74) is -0.0521. The van der Waals surface area contributed by atoms with Gasteiger partial charge in [-0.05, 0) is 49.6 Å². The summed E-state index contributed by atoms with van der Waals surface area (Å²) in [7, 11) is -2.40. The molecule has 1 aliphatic rings. The van der Waals surface area contributed by atoms with Crippen molar-refractivity contribution in [1.82, 2.24) is 18.6 Å². The van der Waals surface area contributed by atoms with Gasteiger partial charge < -0.3 is 15.2 Å². The molecule has 3 aromatic rings. The summed E-state index contributed by atoms with van der Waals surface area (Å²) in [5, 5.41) is 13.1. The molecule has 2 N–H and O–H groups in total. The van der Waals surface area contributed by atoms with Crippen molar-refractivity contribution < 1.29 is 27.4 Å². The number of imidazole rings is 1. The van der Waals surface area contributed by atoms with E-state index >= 15 is 0 Å². The summed E-state index contributed by atoms with van der Waals surface area (Å²) in [6.45, 7) is 2.07. The van der Waals surface area contributed by atoms with Crippen LogP contribution in [0, 0.1) is 12.7 Å². The Labute approximate surface area is 203 Å². The molecule has 0 spiro atoms. The number of aromatic hydroxyl groups is 1. The standard InChI is InChI=1S/C24H27FN4O5S/c1-17-26-11-14-29(17)35(32,33)28-12-9-24(10-13-28,18-5-3-6-19(25)15-18)16-27-23(31)22-20(30)7-4-8-21(22)34-2/h3-8,11,14-15,30H,9-10,12-13,16H2,1-2H3,(H,27,31). The second-order valence-electron chi connectivity index (χ2n) is 8.50. The van der Waals surface area contributed by atoms with Crippen LogP contribution in [0.2, 0.25) is 0 Å². The summed E-state index contributed by atoms with van der Waals surface area (Å²) in [5.74, 6) is -0.604. The first-order valence-corrected chi connectivity index (χ1v) is 12.5. The molecule has 0 radical (unpaired) electrons. The summed E-state index contributed by atoms with van der Waals surface area (Å²) in [6, 6.07) is 10.6. The SMILES string of the molecule is COc1cccc(O)c1C(=O)NCC1(c2cccc(F)c2)CCN(S(=O)(=O)n2ccnc2C)CC1. The van der Waals surface area contributed by atoms with Crippen LogP contribution in [0.5, 0.6) is 11.5 Å². The van der Waals surface area contributed by atoms with Crippen LogP contribution < -0.4 is 10.1 Å². The Hall–Kier alpha value is -3.44. The maximum Gasteiger partial charge on any atom is 0.308 e. The quantitative estimate of drug-likeness (QED) is 0.514. The molecule has 0 bridgehead atoms. The number of methoxy groups -OCH3 is 1. The largest absolute Gasteiger partial charge is 0.507 e. The average molecular weight is 503 g/mol. The number of nitrogens with zero attached hydrogens (tertiary/aromatic N) is 3. The Kier molecular flexibility index (Phi) is 6.82. The van der Waals surface area contributed by atoms with Gasteiger partial charge in [-0.25, -0.2) is 13.3 Å². The van der Waals surface area contributed by atoms with E-state index in [9.17, 15) is 22.7 Å². The zero-order valence-electron chi connectivity index (χ0n) is 19.4. The number of amides is 1. The van der Waals surface area contributed by atoms with E-state index in [-0.39, 0.29) is 36.7 Å². The van der Waals surface area contributed by atoms with Gasteiger partial charge >= 0.3 is 10.2 Å². The van der Waals surface area contributed by atoms with Crippen molar-refractivity contribution in [2.45, 2.75) is 25.2 Å². The van der Waals surface area contributed by atoms with Crippen molar-refractivity contribution in [2.75, 3.05) is 26.7 Å². The number of carbonyl (C=O) groups excluding carboxylic acids is 1. The highest BCUT2D eigenvalue weighted by Gasteiger charge is 2.40. The van der Waals surface area contributed by atoms with Crippen LogP contribution in [0.1, 0.15) is 34.6 Å². The first-order valence-electron chi connectivity index (χ1n) is 11.1. The molecule has 0 atom stereocenters. The van der Waals surface area contributed by atoms with Gasteiger partial charge in [-0.3, -0.25) is 4.79 Å². The highest BCUT2D eigenvalue weighted by atomic mass is 32.2. The number of hydrogen-bond acceptors (Lipinski definition) is 6. The molecule has 9 nitrogen and oxygen atoms in total. The number of ether oxygens (including phenoxy) is 1. The lowest BCUT2D eigenvalue weighted by Gasteiger charge is -2.42. The smallest absolute Gasteiger partial charge is 0.308 e. The minimum atomic E-state index is -3.80. The number of phenols is 1. The zero-order valence-corrected chi connectivity index (χ0v) is 20.3. The van der Waals surface area contributed by atoms with E-state index in [0.717, 1.165) is 3.97 Å². The second-order valence-corrected chi connectivity index (χ2v) is 10.3. The van der Waals surface area contributed by atoms with Crippen molar-refractivity contribution in [1.29, 1.82) is 0 Å². The molecule has 1 fully saturated rings. The van der Waals surface area contributed by atoms with Crippen LogP contribution in [0.4, 0.5) is 4.39 Å². The van der Waals surface area contributed by atoms with Gasteiger partial charge in [-0.15, -0.1) is 0 Å². The summed E-state index contributed by atoms with van der Waals surface area (Å²) in [6.07, 6.45) is 3.53. The van der Waals surface area contributed by atoms with Crippen molar-refractivity contribution in [3.05, 3.63) is 77.6 Å². The van der Waals surface area contributed by atoms with E-state index in [2.05, 4.69) is 10.3 Å². The molecule has 0 saturated carbocycles. The molecule has 1 aromatic heterocycles. The number of hydrogen-bond donors (Lipinski definition) is 2. The Bertz CT molecular complexity index is 1330. The molecule has 11 heteroatoms. The van der Waals surface area contributed by atoms with Gasteiger partial charge in [0.25, 0.3) is 5.91 Å². The van der Waals surface area contributed by atoms with Gasteiger partial charge in [-0.1, -0.05) is 18.2 Å². The number of benzene rings is 2. The van der Waals surface area contributed by atoms with E-state index in [0.29, 0.717) is 24.2 Å². The van der Waals surface area contributed by atoms with Crippen LogP contribution in [-0.2, 0) is 15.6 Å². The molecule has 2 aromatic carbocycles. The van der Waals surface area contributed by atoms with Gasteiger partial charge in [0.1, 0.15) is 28.7 Å². The van der Waals surface area contributed by atoms with Crippen LogP contribution in [0.15, 0.2) is 54.9 Å². The second kappa shape index (κ2) is 9.67. The summed E-state index contributed by atoms with van der Waals surface area (Å²) >= 11 is 0. The molecule has 35 heavy (non-hydrogen) atoms. The lowest BCUT2D eigenvalue weighted by Crippen LogP contribution is -2.51. The number of rotatable bonds is 7. The Morgan fingerprint density at radius 2 is 1.94 bits per heavy atom. The number of aryl methyl sites for hydroxylation is 1. The number of phenolic OH excluding ortho intramolecular Hbond substituents is 1. The maximum atomic E-state index is 14.2. The molecule has 186 valence electrons. The molecule has 1 aliphatic heterocycles. The van der Waals surface area contributed by atoms with Crippen molar-refractivity contribution >= 4 is 16.1 Å². The fourth-order valence-corrected chi connectivity index (χ4v) is 6.00. The molecule has 0 aliphatic carbocycles. The molecule has 0 unspecified atom stereocenters. The number of halogens is 1. The van der Waals surface area contributed by atoms with E-state index in [1.54, 1.807) is 31.2 Å². The Balaban J connectivity index is 1.59. The first-order chi connectivity index (χ1) is 16.7. The number of aromatic nitrogens is 2. The van der Waals surface area contributed by atoms with Gasteiger partial charge in [0, 0.05) is 37.4 Å². The number of nitrogens with one attached hydrogen (secondary N) is 1. The topological polar surface area (TPSA) is 114 Å². The third kappa shape index (κ3) is 4.73. The van der Waals surface area contributed by atoms with Crippen LogP contribution in [0.25, 0.3) is 0 Å². The summed E-state index contributed by atoms with van der Waals surface area (Å²) < 4.78 is 48.1. The molecular weight excluding hydrogens is 475 g/mol. The van der Waals surface area contributed by atoms with Crippen molar-refractivity contribution in [3.8, 4) is 11.5 Å². The van der Waals surface area contributed by atoms with Gasteiger partial charge in [-0.2, -0.15) is 12.7 Å². The lowest BCUT2D eigenvalue weighted by molar-refractivity contribution is 0.0927. The normalized spacial score (nSPS) is 16.1. The monoisotopic (exact) mass is 502 g/mol. The Morgan fingerprint density at radius 3 is 2.57 bits per heavy atom. The average Bonchev–Trinajstić information content (AvgIpc) is 3.29. The predicted octanol–water partition coefficient (Wildman–Crippen LogP) is 2.60. The highest BCUT2D eigenvalue weighted by molar-refractivity contribution is 7.87. The maximum absolute atomic E-state index is 14.2. The highest BCUT2D eigenvalue weighted by Crippen LogP contribution is 2.37. The molecule has 1 amide bonds. The fraction of sp³-hybridized carbons (Fsp3) is 0.333. The lowest BCUT2D eigenvalue weighted by atomic mass is 9.73. The van der Waals surface area contributed by atoms with E-state index in [1.165, 1.54) is 42.0 Å². The van der Waals surface area contributed by atoms with Crippen molar-refractivity contribution in [3.63, 3.8) is 0 Å². The van der Waals surface area contributed by atoms with E-state index < -0.39 is 27.3 Å². The Morgan fingerprint density at radius 1 is 1.23 bits per heavy atom. The zero-order chi connectivity index (χ0) is 25.2. The third-order valence-electron chi connectivity index (χ3n) is 6.51. The third-order valence-corrected chi connectivity index (χ3v) is 8.41. The minimum absolute atomic E-state index is 0.0000102. The van der Waals surface area contributed by atoms with Crippen molar-refractivity contribution in [2.24, 2.45) is 0 Å². The molecule has 4 rings (SSSR count). The van der Waals surface area contributed by atoms with E-state index in [4.69, 9.17) is 4.74 Å². The number of carbonyl (C=O) groups is 1. The van der Waals surface area contributed by atoms with Gasteiger partial charge in [0.05, 0.1) is 7.11 Å². The van der Waals surface area contributed by atoms with Crippen LogP contribution in [-0.4, -0.2) is 59.4 Å². The van der Waals surface area contributed by atoms with Gasteiger partial charge in [0.15, 0.2) is 0 Å². The fourth-order valence-electron chi connectivity index (χ4n) is 4.52. The summed E-state index contributed by atoms with van der Waals surface area (Å²) in [4.78, 5) is 17.0.